The van der Waals surface area contributed by atoms with E-state index in [0.717, 1.165) is 11.3 Å². The van der Waals surface area contributed by atoms with Crippen LogP contribution in [0.4, 0.5) is 5.13 Å². The van der Waals surface area contributed by atoms with Gasteiger partial charge < -0.3 is 10.4 Å². The van der Waals surface area contributed by atoms with Crippen LogP contribution < -0.4 is 5.32 Å². The summed E-state index contributed by atoms with van der Waals surface area (Å²) in [5.41, 5.74) is 0. The highest BCUT2D eigenvalue weighted by molar-refractivity contribution is 7.81. The summed E-state index contributed by atoms with van der Waals surface area (Å²) < 4.78 is 0. The summed E-state index contributed by atoms with van der Waals surface area (Å²) in [5.74, 6) is -1.38. The van der Waals surface area contributed by atoms with Gasteiger partial charge in [0, 0.05) is 6.92 Å². The largest absolute Gasteiger partial charge is 0.480 e. The third kappa shape index (κ3) is 2.67. The Morgan fingerprint density at radius 1 is 1.57 bits per heavy atom. The lowest BCUT2D eigenvalue weighted by atomic mass is 10.4. The van der Waals surface area contributed by atoms with E-state index in [9.17, 15) is 9.59 Å². The maximum Gasteiger partial charge on any atom is 0.323 e. The molecule has 2 N–H and O–H groups in total. The minimum Gasteiger partial charge on any atom is -0.480 e. The van der Waals surface area contributed by atoms with Gasteiger partial charge in [-0.1, -0.05) is 11.3 Å². The molecular weight excluding hydrogens is 226 g/mol. The number of aliphatic carboxylic acids is 1. The number of carboxylic acid groups (broad SMARTS) is 1. The maximum absolute atomic E-state index is 10.6. The van der Waals surface area contributed by atoms with E-state index in [0.29, 0.717) is 0 Å². The van der Waals surface area contributed by atoms with Crippen molar-refractivity contribution >= 4 is 41.0 Å². The van der Waals surface area contributed by atoms with Crippen LogP contribution in [0.25, 0.3) is 0 Å². The number of hydrogen-bond donors (Lipinski definition) is 3. The van der Waals surface area contributed by atoms with Crippen molar-refractivity contribution in [2.24, 2.45) is 0 Å². The molecule has 1 amide bonds. The second-order valence-electron chi connectivity index (χ2n) is 2.37. The maximum atomic E-state index is 10.6. The van der Waals surface area contributed by atoms with Crippen molar-refractivity contribution in [3.05, 3.63) is 5.01 Å². The number of nitrogens with one attached hydrogen (secondary N) is 1. The fourth-order valence-electron chi connectivity index (χ4n) is 0.652. The molecular formula is C6H7N3O3S2. The topological polar surface area (TPSA) is 92.2 Å². The van der Waals surface area contributed by atoms with Crippen molar-refractivity contribution in [1.82, 2.24) is 10.2 Å². The molecule has 1 atom stereocenters. The predicted molar refractivity (Wildman–Crippen MR) is 53.6 cm³/mol. The number of amides is 1. The van der Waals surface area contributed by atoms with Gasteiger partial charge in [-0.05, 0) is 0 Å². The van der Waals surface area contributed by atoms with Crippen molar-refractivity contribution < 1.29 is 14.7 Å². The molecule has 0 aliphatic carbocycles. The number of carbonyl (C=O) groups excluding carboxylic acids is 1. The minimum atomic E-state index is -1.10. The van der Waals surface area contributed by atoms with Gasteiger partial charge in [-0.3, -0.25) is 9.59 Å². The lowest BCUT2D eigenvalue weighted by molar-refractivity contribution is -0.136. The molecule has 0 spiro atoms. The van der Waals surface area contributed by atoms with Crippen molar-refractivity contribution in [1.29, 1.82) is 0 Å². The van der Waals surface area contributed by atoms with E-state index < -0.39 is 11.2 Å². The molecule has 0 bridgehead atoms. The Bertz CT molecular complexity index is 365. The predicted octanol–water partition coefficient (Wildman–Crippen LogP) is 0.552. The molecule has 0 fully saturated rings. The molecule has 6 nitrogen and oxygen atoms in total. The molecule has 0 aliphatic rings. The first-order valence-electron chi connectivity index (χ1n) is 3.52. The third-order valence-electron chi connectivity index (χ3n) is 1.19. The molecule has 0 saturated carbocycles. The fourth-order valence-corrected chi connectivity index (χ4v) is 1.63. The Morgan fingerprint density at radius 3 is 2.71 bits per heavy atom. The van der Waals surface area contributed by atoms with E-state index in [2.05, 4.69) is 28.1 Å². The second kappa shape index (κ2) is 4.38. The third-order valence-corrected chi connectivity index (χ3v) is 2.74. The molecule has 1 rings (SSSR count). The number of rotatable bonds is 3. The first-order chi connectivity index (χ1) is 6.50. The average molecular weight is 233 g/mol. The lowest BCUT2D eigenvalue weighted by Crippen LogP contribution is -2.04. The van der Waals surface area contributed by atoms with Gasteiger partial charge in [0.2, 0.25) is 11.0 Å². The molecule has 76 valence electrons. The highest BCUT2D eigenvalue weighted by Crippen LogP contribution is 2.25. The van der Waals surface area contributed by atoms with E-state index in [1.807, 2.05) is 0 Å². The van der Waals surface area contributed by atoms with Crippen LogP contribution in [0.3, 0.4) is 0 Å². The van der Waals surface area contributed by atoms with Crippen LogP contribution in [0.5, 0.6) is 0 Å². The van der Waals surface area contributed by atoms with Gasteiger partial charge >= 0.3 is 5.97 Å². The van der Waals surface area contributed by atoms with Crippen LogP contribution in [0, 0.1) is 0 Å². The van der Waals surface area contributed by atoms with Gasteiger partial charge in [0.1, 0.15) is 5.01 Å². The zero-order chi connectivity index (χ0) is 10.7. The Morgan fingerprint density at radius 2 is 2.21 bits per heavy atom. The van der Waals surface area contributed by atoms with Gasteiger partial charge in [-0.2, -0.15) is 12.6 Å². The standard InChI is InChI=1S/C6H7N3O3S2/c1-2(10)7-6-9-8-4(14-6)3(13)5(11)12/h3,13H,1H3,(H,11,12)(H,7,9,10). The molecule has 1 unspecified atom stereocenters. The molecule has 0 aliphatic heterocycles. The number of carboxylic acids is 1. The molecule has 1 aromatic rings. The summed E-state index contributed by atoms with van der Waals surface area (Å²) in [6, 6.07) is 0. The van der Waals surface area contributed by atoms with Crippen molar-refractivity contribution in [2.45, 2.75) is 12.2 Å². The van der Waals surface area contributed by atoms with Gasteiger partial charge in [-0.15, -0.1) is 10.2 Å². The Labute approximate surface area is 88.8 Å². The summed E-state index contributed by atoms with van der Waals surface area (Å²) >= 11 is 4.80. The first-order valence-corrected chi connectivity index (χ1v) is 4.86. The van der Waals surface area contributed by atoms with E-state index in [-0.39, 0.29) is 16.0 Å². The smallest absolute Gasteiger partial charge is 0.323 e. The number of nitrogens with zero attached hydrogens (tertiary/aromatic N) is 2. The highest BCUT2D eigenvalue weighted by Gasteiger charge is 2.19. The van der Waals surface area contributed by atoms with Crippen LogP contribution in [-0.4, -0.2) is 27.2 Å². The normalized spacial score (nSPS) is 12.1. The second-order valence-corrected chi connectivity index (χ2v) is 3.89. The first kappa shape index (κ1) is 10.9. The van der Waals surface area contributed by atoms with E-state index in [4.69, 9.17) is 5.11 Å². The van der Waals surface area contributed by atoms with Crippen molar-refractivity contribution in [3.8, 4) is 0 Å². The van der Waals surface area contributed by atoms with Gasteiger partial charge in [0.15, 0.2) is 5.25 Å². The van der Waals surface area contributed by atoms with Gasteiger partial charge in [0.05, 0.1) is 0 Å². The van der Waals surface area contributed by atoms with Crippen molar-refractivity contribution in [3.63, 3.8) is 0 Å². The molecule has 8 heteroatoms. The van der Waals surface area contributed by atoms with Crippen molar-refractivity contribution in [2.75, 3.05) is 5.32 Å². The van der Waals surface area contributed by atoms with Crippen LogP contribution in [0.15, 0.2) is 0 Å². The number of anilines is 1. The van der Waals surface area contributed by atoms with Gasteiger partial charge in [-0.25, -0.2) is 0 Å². The minimum absolute atomic E-state index is 0.240. The van der Waals surface area contributed by atoms with Crippen LogP contribution >= 0.6 is 24.0 Å². The highest BCUT2D eigenvalue weighted by atomic mass is 32.1. The fraction of sp³-hybridized carbons (Fsp3) is 0.333. The average Bonchev–Trinajstić information content (AvgIpc) is 2.50. The summed E-state index contributed by atoms with van der Waals surface area (Å²) in [4.78, 5) is 21.1. The number of hydrogen-bond acceptors (Lipinski definition) is 6. The number of carbonyl (C=O) groups is 2. The monoisotopic (exact) mass is 233 g/mol. The summed E-state index contributed by atoms with van der Waals surface area (Å²) in [5, 5.41) is 17.7. The molecule has 0 radical (unpaired) electrons. The Kier molecular flexibility index (Phi) is 3.42. The summed E-state index contributed by atoms with van der Waals surface area (Å²) in [6.45, 7) is 1.33. The number of thiol groups is 1. The molecule has 14 heavy (non-hydrogen) atoms. The lowest BCUT2D eigenvalue weighted by Gasteiger charge is -1.97. The Balaban J connectivity index is 2.77. The summed E-state index contributed by atoms with van der Waals surface area (Å²) in [7, 11) is 0. The molecule has 1 aromatic heterocycles. The van der Waals surface area contributed by atoms with Crippen LogP contribution in [0.2, 0.25) is 0 Å². The zero-order valence-electron chi connectivity index (χ0n) is 7.09. The van der Waals surface area contributed by atoms with E-state index in [1.165, 1.54) is 6.92 Å². The SMILES string of the molecule is CC(=O)Nc1nnc(C(S)C(=O)O)s1. The van der Waals surface area contributed by atoms with Gasteiger partial charge in [0.25, 0.3) is 0 Å². The quantitative estimate of drug-likeness (QED) is 0.663. The summed E-state index contributed by atoms with van der Waals surface area (Å²) in [6.07, 6.45) is 0. The zero-order valence-corrected chi connectivity index (χ0v) is 8.80. The van der Waals surface area contributed by atoms with E-state index in [1.54, 1.807) is 0 Å². The molecule has 0 saturated heterocycles. The van der Waals surface area contributed by atoms with Crippen LogP contribution in [-0.2, 0) is 9.59 Å². The van der Waals surface area contributed by atoms with Crippen LogP contribution in [0.1, 0.15) is 17.2 Å². The molecule has 1 heterocycles. The molecule has 0 aromatic carbocycles. The van der Waals surface area contributed by atoms with E-state index >= 15 is 0 Å². The number of aromatic nitrogens is 2. The Hall–Kier alpha value is -1.15.